The molecule has 0 fully saturated rings. The van der Waals surface area contributed by atoms with Crippen molar-refractivity contribution in [2.24, 2.45) is 0 Å². The van der Waals surface area contributed by atoms with Gasteiger partial charge < -0.3 is 4.84 Å². The zero-order chi connectivity index (χ0) is 20.2. The van der Waals surface area contributed by atoms with Crippen molar-refractivity contribution in [1.29, 1.82) is 0 Å². The van der Waals surface area contributed by atoms with Crippen molar-refractivity contribution in [2.45, 2.75) is 19.4 Å². The summed E-state index contributed by atoms with van der Waals surface area (Å²) in [5.41, 5.74) is -1.18. The maximum atomic E-state index is 12.8. The van der Waals surface area contributed by atoms with Crippen LogP contribution in [0.2, 0.25) is 0 Å². The van der Waals surface area contributed by atoms with E-state index in [2.05, 4.69) is 0 Å². The highest BCUT2D eigenvalue weighted by atomic mass is 16.7. The number of hydrogen-bond acceptors (Lipinski definition) is 6. The monoisotopic (exact) mass is 378 g/mol. The van der Waals surface area contributed by atoms with Gasteiger partial charge in [-0.1, -0.05) is 29.3 Å². The van der Waals surface area contributed by atoms with Gasteiger partial charge in [-0.15, -0.1) is 0 Å². The lowest BCUT2D eigenvalue weighted by Crippen LogP contribution is -2.55. The molecular weight excluding hydrogens is 364 g/mol. The van der Waals surface area contributed by atoms with E-state index in [0.717, 1.165) is 4.90 Å². The predicted molar refractivity (Wildman–Crippen MR) is 94.1 cm³/mol. The topological polar surface area (TPSA) is 101 Å². The molecule has 140 valence electrons. The maximum Gasteiger partial charge on any atom is 0.358 e. The van der Waals surface area contributed by atoms with Gasteiger partial charge in [0.15, 0.2) is 0 Å². The second kappa shape index (κ2) is 5.85. The molecular formula is C20H14N2O6. The second-order valence-electron chi connectivity index (χ2n) is 6.88. The van der Waals surface area contributed by atoms with Gasteiger partial charge >= 0.3 is 5.97 Å². The molecule has 0 unspecified atom stereocenters. The molecule has 0 spiro atoms. The Bertz CT molecular complexity index is 1020. The van der Waals surface area contributed by atoms with E-state index >= 15 is 0 Å². The summed E-state index contributed by atoms with van der Waals surface area (Å²) in [7, 11) is 0. The third-order valence-electron chi connectivity index (χ3n) is 4.78. The van der Waals surface area contributed by atoms with E-state index in [-0.39, 0.29) is 22.3 Å². The largest absolute Gasteiger partial charge is 0.358 e. The molecule has 0 radical (unpaired) electrons. The SMILES string of the molecule is CC(C)(C(=O)ON1C(=O)c2ccccc2C1=O)N1C(=O)c2ccccc2C1=O. The Balaban J connectivity index is 1.61. The van der Waals surface area contributed by atoms with E-state index in [4.69, 9.17) is 4.84 Å². The molecule has 0 aromatic heterocycles. The zero-order valence-corrected chi connectivity index (χ0v) is 15.0. The summed E-state index contributed by atoms with van der Waals surface area (Å²) in [6, 6.07) is 12.2. The Kier molecular flexibility index (Phi) is 3.67. The second-order valence-corrected chi connectivity index (χ2v) is 6.88. The maximum absolute atomic E-state index is 12.8. The van der Waals surface area contributed by atoms with E-state index in [1.165, 1.54) is 38.1 Å². The van der Waals surface area contributed by atoms with Crippen LogP contribution in [-0.2, 0) is 9.63 Å². The van der Waals surface area contributed by atoms with E-state index in [1.54, 1.807) is 24.3 Å². The minimum absolute atomic E-state index is 0.110. The Morgan fingerprint density at radius 3 is 1.46 bits per heavy atom. The molecule has 0 atom stereocenters. The van der Waals surface area contributed by atoms with Gasteiger partial charge in [0.2, 0.25) is 0 Å². The van der Waals surface area contributed by atoms with Crippen molar-refractivity contribution in [1.82, 2.24) is 9.96 Å². The molecule has 2 aromatic rings. The number of hydrogen-bond donors (Lipinski definition) is 0. The third kappa shape index (κ3) is 2.27. The van der Waals surface area contributed by atoms with Crippen LogP contribution in [0.4, 0.5) is 0 Å². The number of fused-ring (bicyclic) bond motifs is 2. The van der Waals surface area contributed by atoms with Crippen LogP contribution in [0.3, 0.4) is 0 Å². The number of hydroxylamine groups is 2. The van der Waals surface area contributed by atoms with Crippen LogP contribution >= 0.6 is 0 Å². The minimum atomic E-state index is -1.75. The Labute approximate surface area is 159 Å². The number of carbonyl (C=O) groups excluding carboxylic acids is 5. The molecule has 2 aliphatic heterocycles. The highest BCUT2D eigenvalue weighted by molar-refractivity contribution is 6.24. The van der Waals surface area contributed by atoms with Crippen molar-refractivity contribution in [3.8, 4) is 0 Å². The van der Waals surface area contributed by atoms with Gasteiger partial charge in [-0.3, -0.25) is 24.1 Å². The smallest absolute Gasteiger partial charge is 0.327 e. The van der Waals surface area contributed by atoms with Crippen molar-refractivity contribution < 1.29 is 28.8 Å². The molecule has 0 bridgehead atoms. The van der Waals surface area contributed by atoms with Gasteiger partial charge in [0.25, 0.3) is 23.6 Å². The summed E-state index contributed by atoms with van der Waals surface area (Å²) in [6.07, 6.45) is 0. The van der Waals surface area contributed by atoms with Crippen LogP contribution in [0.5, 0.6) is 0 Å². The summed E-state index contributed by atoms with van der Waals surface area (Å²) < 4.78 is 0. The molecule has 28 heavy (non-hydrogen) atoms. The molecule has 8 nitrogen and oxygen atoms in total. The molecule has 2 heterocycles. The Morgan fingerprint density at radius 1 is 0.714 bits per heavy atom. The molecule has 0 N–H and O–H groups in total. The lowest BCUT2D eigenvalue weighted by atomic mass is 10.0. The minimum Gasteiger partial charge on any atom is -0.327 e. The number of nitrogens with zero attached hydrogens (tertiary/aromatic N) is 2. The summed E-state index contributed by atoms with van der Waals surface area (Å²) in [6.45, 7) is 2.63. The normalized spacial score (nSPS) is 15.8. The first-order chi connectivity index (χ1) is 13.2. The van der Waals surface area contributed by atoms with Crippen LogP contribution in [0, 0.1) is 0 Å². The van der Waals surface area contributed by atoms with Crippen molar-refractivity contribution >= 4 is 29.6 Å². The van der Waals surface area contributed by atoms with Crippen LogP contribution in [-0.4, -0.2) is 45.1 Å². The van der Waals surface area contributed by atoms with E-state index < -0.39 is 35.1 Å². The Hall–Kier alpha value is -3.81. The van der Waals surface area contributed by atoms with Crippen LogP contribution in [0.15, 0.2) is 48.5 Å². The third-order valence-corrected chi connectivity index (χ3v) is 4.78. The number of benzene rings is 2. The fourth-order valence-corrected chi connectivity index (χ4v) is 3.23. The van der Waals surface area contributed by atoms with Gasteiger partial charge in [0.05, 0.1) is 22.3 Å². The fraction of sp³-hybridized carbons (Fsp3) is 0.150. The van der Waals surface area contributed by atoms with Gasteiger partial charge in [-0.2, -0.15) is 0 Å². The number of amides is 4. The molecule has 4 rings (SSSR count). The summed E-state index contributed by atoms with van der Waals surface area (Å²) in [5, 5.41) is 0.354. The first kappa shape index (κ1) is 17.6. The lowest BCUT2D eigenvalue weighted by Gasteiger charge is -2.31. The molecule has 4 amide bonds. The van der Waals surface area contributed by atoms with E-state index in [0.29, 0.717) is 5.06 Å². The van der Waals surface area contributed by atoms with Crippen LogP contribution < -0.4 is 0 Å². The molecule has 8 heteroatoms. The Morgan fingerprint density at radius 2 is 1.07 bits per heavy atom. The number of rotatable bonds is 3. The van der Waals surface area contributed by atoms with Crippen LogP contribution in [0.1, 0.15) is 55.3 Å². The summed E-state index contributed by atoms with van der Waals surface area (Å²) in [4.78, 5) is 68.7. The van der Waals surface area contributed by atoms with E-state index in [9.17, 15) is 24.0 Å². The van der Waals surface area contributed by atoms with Crippen molar-refractivity contribution in [2.75, 3.05) is 0 Å². The standard InChI is InChI=1S/C20H14N2O6/c1-20(2,21-15(23)11-7-3-4-8-12(11)16(21)24)19(27)28-22-17(25)13-9-5-6-10-14(13)18(22)26/h3-10H,1-2H3. The number of imide groups is 2. The first-order valence-corrected chi connectivity index (χ1v) is 8.43. The first-order valence-electron chi connectivity index (χ1n) is 8.43. The molecule has 0 saturated heterocycles. The van der Waals surface area contributed by atoms with Crippen LogP contribution in [0.25, 0.3) is 0 Å². The quantitative estimate of drug-likeness (QED) is 0.755. The predicted octanol–water partition coefficient (Wildman–Crippen LogP) is 1.82. The summed E-state index contributed by atoms with van der Waals surface area (Å²) in [5.74, 6) is -3.95. The molecule has 2 aromatic carbocycles. The van der Waals surface area contributed by atoms with Gasteiger partial charge in [0.1, 0.15) is 5.54 Å². The number of carbonyl (C=O) groups is 5. The molecule has 0 saturated carbocycles. The van der Waals surface area contributed by atoms with Crippen molar-refractivity contribution in [3.63, 3.8) is 0 Å². The average Bonchev–Trinajstić information content (AvgIpc) is 3.08. The average molecular weight is 378 g/mol. The zero-order valence-electron chi connectivity index (χ0n) is 15.0. The lowest BCUT2D eigenvalue weighted by molar-refractivity contribution is -0.178. The van der Waals surface area contributed by atoms with E-state index in [1.807, 2.05) is 0 Å². The van der Waals surface area contributed by atoms with Gasteiger partial charge in [0, 0.05) is 0 Å². The highest BCUT2D eigenvalue weighted by Gasteiger charge is 2.51. The van der Waals surface area contributed by atoms with Gasteiger partial charge in [-0.05, 0) is 38.1 Å². The van der Waals surface area contributed by atoms with Crippen molar-refractivity contribution in [3.05, 3.63) is 70.8 Å². The van der Waals surface area contributed by atoms with Gasteiger partial charge in [-0.25, -0.2) is 4.79 Å². The molecule has 0 aliphatic carbocycles. The fourth-order valence-electron chi connectivity index (χ4n) is 3.23. The summed E-state index contributed by atoms with van der Waals surface area (Å²) >= 11 is 0. The highest BCUT2D eigenvalue weighted by Crippen LogP contribution is 2.31. The molecule has 2 aliphatic rings.